The summed E-state index contributed by atoms with van der Waals surface area (Å²) >= 11 is 0. The van der Waals surface area contributed by atoms with E-state index >= 15 is 0 Å². The SMILES string of the molecule is NC1N=CNc2c1ncn2[C@H]1CC[C@@H](COP(=O)(O)OO)O1. The van der Waals surface area contributed by atoms with Crippen LogP contribution in [0.15, 0.2) is 11.3 Å². The molecule has 1 fully saturated rings. The average Bonchev–Trinajstić information content (AvgIpc) is 3.12. The number of rotatable bonds is 5. The van der Waals surface area contributed by atoms with E-state index in [1.807, 2.05) is 0 Å². The Morgan fingerprint density at radius 2 is 2.41 bits per heavy atom. The second kappa shape index (κ2) is 6.05. The minimum atomic E-state index is -4.42. The van der Waals surface area contributed by atoms with Crippen molar-refractivity contribution < 1.29 is 28.7 Å². The van der Waals surface area contributed by atoms with E-state index in [9.17, 15) is 4.57 Å². The number of fused-ring (bicyclic) bond motifs is 1. The van der Waals surface area contributed by atoms with Crippen LogP contribution in [0.25, 0.3) is 0 Å². The molecule has 0 bridgehead atoms. The molecule has 0 aliphatic carbocycles. The summed E-state index contributed by atoms with van der Waals surface area (Å²) in [5, 5.41) is 11.2. The van der Waals surface area contributed by atoms with Gasteiger partial charge in [-0.15, -0.1) is 4.67 Å². The number of hydrogen-bond acceptors (Lipinski definition) is 9. The lowest BCUT2D eigenvalue weighted by atomic mass is 10.2. The van der Waals surface area contributed by atoms with Gasteiger partial charge >= 0.3 is 7.82 Å². The van der Waals surface area contributed by atoms with Crippen molar-refractivity contribution in [1.82, 2.24) is 9.55 Å². The maximum absolute atomic E-state index is 11.0. The third-order valence-corrected chi connectivity index (χ3v) is 4.14. The van der Waals surface area contributed by atoms with Crippen molar-refractivity contribution in [3.05, 3.63) is 12.0 Å². The highest BCUT2D eigenvalue weighted by Crippen LogP contribution is 2.43. The molecule has 22 heavy (non-hydrogen) atoms. The molecule has 12 heteroatoms. The Hall–Kier alpha value is -1.33. The van der Waals surface area contributed by atoms with E-state index in [1.165, 1.54) is 6.34 Å². The number of hydrogen-bond donors (Lipinski definition) is 4. The van der Waals surface area contributed by atoms with Gasteiger partial charge in [-0.05, 0) is 12.8 Å². The summed E-state index contributed by atoms with van der Waals surface area (Å²) in [6.07, 6.45) is 3.17. The summed E-state index contributed by atoms with van der Waals surface area (Å²) in [6.45, 7) is -0.171. The van der Waals surface area contributed by atoms with Gasteiger partial charge in [-0.1, -0.05) is 0 Å². The smallest absolute Gasteiger partial charge is 0.352 e. The van der Waals surface area contributed by atoms with E-state index in [2.05, 4.69) is 24.5 Å². The third kappa shape index (κ3) is 3.06. The first-order chi connectivity index (χ1) is 10.5. The third-order valence-electron chi connectivity index (χ3n) is 3.46. The Balaban J connectivity index is 1.63. The summed E-state index contributed by atoms with van der Waals surface area (Å²) < 4.78 is 26.5. The maximum atomic E-state index is 11.0. The molecule has 0 radical (unpaired) electrons. The van der Waals surface area contributed by atoms with E-state index in [-0.39, 0.29) is 12.8 Å². The van der Waals surface area contributed by atoms with Gasteiger partial charge in [-0.25, -0.2) is 14.8 Å². The molecule has 1 saturated heterocycles. The lowest BCUT2D eigenvalue weighted by molar-refractivity contribution is -0.164. The van der Waals surface area contributed by atoms with Crippen LogP contribution in [0.5, 0.6) is 0 Å². The fourth-order valence-electron chi connectivity index (χ4n) is 2.42. The Kier molecular flexibility index (Phi) is 4.28. The van der Waals surface area contributed by atoms with Crippen molar-refractivity contribution in [2.24, 2.45) is 10.7 Å². The van der Waals surface area contributed by atoms with E-state index in [1.54, 1.807) is 10.9 Å². The van der Waals surface area contributed by atoms with Gasteiger partial charge in [-0.2, -0.15) is 0 Å². The number of phosphoric acid groups is 1. The van der Waals surface area contributed by atoms with Crippen LogP contribution in [0.1, 0.15) is 30.9 Å². The van der Waals surface area contributed by atoms with Crippen molar-refractivity contribution in [2.45, 2.75) is 31.3 Å². The Labute approximate surface area is 125 Å². The molecule has 3 heterocycles. The first-order valence-electron chi connectivity index (χ1n) is 6.56. The zero-order valence-electron chi connectivity index (χ0n) is 11.4. The molecule has 0 aromatic carbocycles. The molecule has 0 amide bonds. The standard InChI is InChI=1S/C10H16N5O6P/c11-9-8-10(13-4-12-9)15(5-14-8)7-2-1-6(20-7)3-19-22(17,18)21-16/h4-7,9,16H,1-3,11H2,(H,12,13)(H,17,18)/t6-,7+,9?/m0/s1. The summed E-state index contributed by atoms with van der Waals surface area (Å²) in [5.74, 6) is 0.709. The van der Waals surface area contributed by atoms with Gasteiger partial charge in [0, 0.05) is 0 Å². The minimum Gasteiger partial charge on any atom is -0.352 e. The molecule has 2 aliphatic rings. The molecule has 1 aromatic heterocycles. The topological polar surface area (TPSA) is 153 Å². The zero-order chi connectivity index (χ0) is 15.7. The molecule has 0 saturated carbocycles. The number of imidazole rings is 1. The van der Waals surface area contributed by atoms with E-state index in [0.717, 1.165) is 0 Å². The van der Waals surface area contributed by atoms with Gasteiger partial charge in [0.25, 0.3) is 0 Å². The van der Waals surface area contributed by atoms with Crippen LogP contribution in [0, 0.1) is 0 Å². The van der Waals surface area contributed by atoms with Gasteiger partial charge in [0.1, 0.15) is 23.9 Å². The monoisotopic (exact) mass is 333 g/mol. The molecule has 5 N–H and O–H groups in total. The van der Waals surface area contributed by atoms with Crippen molar-refractivity contribution in [3.8, 4) is 0 Å². The number of nitrogens with one attached hydrogen (secondary N) is 1. The van der Waals surface area contributed by atoms with Gasteiger partial charge in [0.05, 0.1) is 25.4 Å². The molecule has 0 spiro atoms. The predicted octanol–water partition coefficient (Wildman–Crippen LogP) is 0.578. The number of ether oxygens (including phenoxy) is 1. The molecule has 11 nitrogen and oxygen atoms in total. The van der Waals surface area contributed by atoms with Gasteiger partial charge in [0.15, 0.2) is 0 Å². The molecule has 4 atom stereocenters. The number of aromatic nitrogens is 2. The molecule has 122 valence electrons. The van der Waals surface area contributed by atoms with Crippen LogP contribution in [0.4, 0.5) is 5.82 Å². The molecular formula is C10H16N5O6P. The summed E-state index contributed by atoms with van der Waals surface area (Å²) in [4.78, 5) is 17.2. The first-order valence-corrected chi connectivity index (χ1v) is 8.06. The molecule has 3 rings (SSSR count). The summed E-state index contributed by atoms with van der Waals surface area (Å²) in [5.41, 5.74) is 6.45. The quantitative estimate of drug-likeness (QED) is 0.344. The van der Waals surface area contributed by atoms with Crippen LogP contribution in [0.3, 0.4) is 0 Å². The summed E-state index contributed by atoms with van der Waals surface area (Å²) in [6, 6.07) is 0. The normalized spacial score (nSPS) is 29.9. The zero-order valence-corrected chi connectivity index (χ0v) is 12.3. The van der Waals surface area contributed by atoms with Crippen molar-refractivity contribution >= 4 is 20.0 Å². The minimum absolute atomic E-state index is 0.171. The van der Waals surface area contributed by atoms with Gasteiger partial charge < -0.3 is 20.7 Å². The van der Waals surface area contributed by atoms with Crippen LogP contribution >= 0.6 is 7.82 Å². The number of phosphoric ester groups is 1. The second-order valence-electron chi connectivity index (χ2n) is 4.89. The first kappa shape index (κ1) is 15.6. The number of anilines is 1. The predicted molar refractivity (Wildman–Crippen MR) is 73.9 cm³/mol. The highest BCUT2D eigenvalue weighted by molar-refractivity contribution is 7.47. The largest absolute Gasteiger partial charge is 0.499 e. The van der Waals surface area contributed by atoms with Crippen molar-refractivity contribution in [2.75, 3.05) is 11.9 Å². The molecule has 2 unspecified atom stereocenters. The van der Waals surface area contributed by atoms with E-state index < -0.39 is 20.1 Å². The second-order valence-corrected chi connectivity index (χ2v) is 6.25. The molecular weight excluding hydrogens is 317 g/mol. The molecule has 2 aliphatic heterocycles. The average molecular weight is 333 g/mol. The van der Waals surface area contributed by atoms with Gasteiger partial charge in [0.2, 0.25) is 0 Å². The van der Waals surface area contributed by atoms with Crippen LogP contribution in [-0.4, -0.2) is 38.8 Å². The van der Waals surface area contributed by atoms with Crippen LogP contribution in [-0.2, 0) is 18.5 Å². The number of aliphatic imine (C=N–C) groups is 1. The van der Waals surface area contributed by atoms with Gasteiger partial charge in [-0.3, -0.25) is 14.1 Å². The number of nitrogens with zero attached hydrogens (tertiary/aromatic N) is 3. The van der Waals surface area contributed by atoms with Crippen molar-refractivity contribution in [3.63, 3.8) is 0 Å². The van der Waals surface area contributed by atoms with Crippen LogP contribution < -0.4 is 11.1 Å². The van der Waals surface area contributed by atoms with Crippen molar-refractivity contribution in [1.29, 1.82) is 0 Å². The Morgan fingerprint density at radius 1 is 1.59 bits per heavy atom. The highest BCUT2D eigenvalue weighted by Gasteiger charge is 2.32. The fraction of sp³-hybridized carbons (Fsp3) is 0.600. The number of nitrogens with two attached hydrogens (primary N) is 1. The molecule has 1 aromatic rings. The Morgan fingerprint density at radius 3 is 3.18 bits per heavy atom. The lowest BCUT2D eigenvalue weighted by Gasteiger charge is -2.20. The van der Waals surface area contributed by atoms with E-state index in [4.69, 9.17) is 20.6 Å². The lowest BCUT2D eigenvalue weighted by Crippen LogP contribution is -2.20. The maximum Gasteiger partial charge on any atom is 0.499 e. The fourth-order valence-corrected chi connectivity index (χ4v) is 2.82. The summed E-state index contributed by atoms with van der Waals surface area (Å²) in [7, 11) is -4.42. The Bertz CT molecular complexity index is 621. The van der Waals surface area contributed by atoms with Crippen LogP contribution in [0.2, 0.25) is 0 Å². The van der Waals surface area contributed by atoms with E-state index in [0.29, 0.717) is 24.4 Å². The highest BCUT2D eigenvalue weighted by atomic mass is 31.2.